The van der Waals surface area contributed by atoms with Crippen molar-refractivity contribution in [3.05, 3.63) is 17.7 Å². The van der Waals surface area contributed by atoms with Crippen LogP contribution < -0.4 is 25.9 Å². The maximum Gasteiger partial charge on any atom is 0.239 e. The fourth-order valence-corrected chi connectivity index (χ4v) is 1.64. The first kappa shape index (κ1) is 14.4. The number of nitrogens with zero attached hydrogens (tertiary/aromatic N) is 1. The third-order valence-electron chi connectivity index (χ3n) is 2.32. The van der Waals surface area contributed by atoms with Gasteiger partial charge in [0.1, 0.15) is 5.88 Å². The first-order chi connectivity index (χ1) is 9.60. The molecule has 0 radical (unpaired) electrons. The normalized spacial score (nSPS) is 12.4. The van der Waals surface area contributed by atoms with E-state index >= 15 is 0 Å². The Labute approximate surface area is 125 Å². The molecule has 106 valence electrons. The summed E-state index contributed by atoms with van der Waals surface area (Å²) in [5, 5.41) is 6.51. The molecule has 1 amide bonds. The SMILES string of the molecule is NC(=S)N/N=C/c1cc2c(cc1NC(=O)CCl)OCO2. The minimum atomic E-state index is -0.345. The molecule has 0 saturated heterocycles. The summed E-state index contributed by atoms with van der Waals surface area (Å²) < 4.78 is 10.5. The summed E-state index contributed by atoms with van der Waals surface area (Å²) in [5.41, 5.74) is 8.77. The highest BCUT2D eigenvalue weighted by atomic mass is 35.5. The number of rotatable bonds is 4. The highest BCUT2D eigenvalue weighted by molar-refractivity contribution is 7.80. The van der Waals surface area contributed by atoms with E-state index in [1.807, 2.05) is 0 Å². The van der Waals surface area contributed by atoms with Crippen molar-refractivity contribution in [2.45, 2.75) is 0 Å². The van der Waals surface area contributed by atoms with Crippen LogP contribution in [0, 0.1) is 0 Å². The minimum absolute atomic E-state index is 0.0355. The van der Waals surface area contributed by atoms with Crippen LogP contribution in [0.2, 0.25) is 0 Å². The second-order valence-electron chi connectivity index (χ2n) is 3.71. The molecule has 2 rings (SSSR count). The van der Waals surface area contributed by atoms with Gasteiger partial charge in [0.25, 0.3) is 0 Å². The average molecular weight is 315 g/mol. The number of hydrazone groups is 1. The molecule has 0 saturated carbocycles. The molecule has 0 atom stereocenters. The third-order valence-corrected chi connectivity index (χ3v) is 2.65. The van der Waals surface area contributed by atoms with Crippen LogP contribution in [-0.4, -0.2) is 29.9 Å². The van der Waals surface area contributed by atoms with Gasteiger partial charge < -0.3 is 20.5 Å². The summed E-state index contributed by atoms with van der Waals surface area (Å²) in [6, 6.07) is 3.31. The minimum Gasteiger partial charge on any atom is -0.454 e. The lowest BCUT2D eigenvalue weighted by molar-refractivity contribution is -0.113. The van der Waals surface area contributed by atoms with Crippen LogP contribution in [0.15, 0.2) is 17.2 Å². The van der Waals surface area contributed by atoms with Gasteiger partial charge >= 0.3 is 0 Å². The monoisotopic (exact) mass is 314 g/mol. The molecule has 4 N–H and O–H groups in total. The molecule has 9 heteroatoms. The molecule has 1 aromatic carbocycles. The van der Waals surface area contributed by atoms with Gasteiger partial charge in [-0.2, -0.15) is 5.10 Å². The number of carbonyl (C=O) groups excluding carboxylic acids is 1. The first-order valence-corrected chi connectivity index (χ1v) is 6.42. The lowest BCUT2D eigenvalue weighted by Crippen LogP contribution is -2.24. The number of halogens is 1. The standard InChI is InChI=1S/C11H11ClN4O3S/c12-3-10(17)15-7-2-9-8(18-5-19-9)1-6(7)4-14-16-11(13)20/h1-2,4H,3,5H2,(H,15,17)(H3,13,16,20)/b14-4+. The van der Waals surface area contributed by atoms with Crippen molar-refractivity contribution in [2.24, 2.45) is 10.8 Å². The Morgan fingerprint density at radius 2 is 2.20 bits per heavy atom. The Morgan fingerprint density at radius 3 is 2.85 bits per heavy atom. The van der Waals surface area contributed by atoms with Gasteiger partial charge in [0.05, 0.1) is 11.9 Å². The number of thiocarbonyl (C=S) groups is 1. The predicted octanol–water partition coefficient (Wildman–Crippen LogP) is 0.760. The molecule has 7 nitrogen and oxygen atoms in total. The fourth-order valence-electron chi connectivity index (χ4n) is 1.52. The average Bonchev–Trinajstić information content (AvgIpc) is 2.85. The van der Waals surface area contributed by atoms with E-state index in [9.17, 15) is 4.79 Å². The largest absolute Gasteiger partial charge is 0.454 e. The van der Waals surface area contributed by atoms with E-state index in [1.54, 1.807) is 12.1 Å². The summed E-state index contributed by atoms with van der Waals surface area (Å²) >= 11 is 10.1. The zero-order chi connectivity index (χ0) is 14.5. The van der Waals surface area contributed by atoms with Crippen LogP contribution in [0.1, 0.15) is 5.56 Å². The Bertz CT molecular complexity index is 579. The highest BCUT2D eigenvalue weighted by Gasteiger charge is 2.17. The van der Waals surface area contributed by atoms with Gasteiger partial charge in [-0.15, -0.1) is 11.6 Å². The number of nitrogens with two attached hydrogens (primary N) is 1. The molecule has 0 fully saturated rings. The van der Waals surface area contributed by atoms with Crippen molar-refractivity contribution in [1.82, 2.24) is 5.43 Å². The molecule has 0 unspecified atom stereocenters. The van der Waals surface area contributed by atoms with Crippen molar-refractivity contribution in [2.75, 3.05) is 18.0 Å². The molecule has 20 heavy (non-hydrogen) atoms. The van der Waals surface area contributed by atoms with Crippen molar-refractivity contribution in [1.29, 1.82) is 0 Å². The summed E-state index contributed by atoms with van der Waals surface area (Å²) in [5.74, 6) is 0.596. The zero-order valence-electron chi connectivity index (χ0n) is 10.2. The van der Waals surface area contributed by atoms with Crippen molar-refractivity contribution in [3.8, 4) is 11.5 Å². The molecular weight excluding hydrogens is 304 g/mol. The van der Waals surface area contributed by atoms with Gasteiger partial charge in [-0.1, -0.05) is 0 Å². The number of hydrogen-bond donors (Lipinski definition) is 3. The molecule has 1 aromatic rings. The molecule has 1 aliphatic rings. The molecule has 1 heterocycles. The van der Waals surface area contributed by atoms with Gasteiger partial charge in [-0.25, -0.2) is 0 Å². The van der Waals surface area contributed by atoms with E-state index in [2.05, 4.69) is 28.1 Å². The Balaban J connectivity index is 2.29. The van der Waals surface area contributed by atoms with E-state index in [0.717, 1.165) is 0 Å². The van der Waals surface area contributed by atoms with E-state index in [0.29, 0.717) is 22.7 Å². The summed E-state index contributed by atoms with van der Waals surface area (Å²) in [7, 11) is 0. The molecule has 0 aromatic heterocycles. The number of amides is 1. The molecular formula is C11H11ClN4O3S. The van der Waals surface area contributed by atoms with Crippen LogP contribution in [0.5, 0.6) is 11.5 Å². The van der Waals surface area contributed by atoms with E-state index in [4.69, 9.17) is 26.8 Å². The Morgan fingerprint density at radius 1 is 1.50 bits per heavy atom. The quantitative estimate of drug-likeness (QED) is 0.328. The van der Waals surface area contributed by atoms with Gasteiger partial charge in [0, 0.05) is 11.6 Å². The van der Waals surface area contributed by atoms with E-state index in [1.165, 1.54) is 6.21 Å². The number of nitrogens with one attached hydrogen (secondary N) is 2. The smallest absolute Gasteiger partial charge is 0.239 e. The molecule has 1 aliphatic heterocycles. The lowest BCUT2D eigenvalue weighted by atomic mass is 10.1. The maximum atomic E-state index is 11.4. The number of ether oxygens (including phenoxy) is 2. The Kier molecular flexibility index (Phi) is 4.59. The van der Waals surface area contributed by atoms with Crippen LogP contribution in [0.4, 0.5) is 5.69 Å². The van der Waals surface area contributed by atoms with Crippen LogP contribution in [-0.2, 0) is 4.79 Å². The maximum absolute atomic E-state index is 11.4. The number of hydrogen-bond acceptors (Lipinski definition) is 5. The number of alkyl halides is 1. The first-order valence-electron chi connectivity index (χ1n) is 5.48. The number of anilines is 1. The van der Waals surface area contributed by atoms with Crippen LogP contribution in [0.25, 0.3) is 0 Å². The van der Waals surface area contributed by atoms with Crippen molar-refractivity contribution >= 4 is 46.7 Å². The zero-order valence-corrected chi connectivity index (χ0v) is 11.8. The topological polar surface area (TPSA) is 98.0 Å². The fraction of sp³-hybridized carbons (Fsp3) is 0.182. The number of benzene rings is 1. The van der Waals surface area contributed by atoms with Gasteiger partial charge in [0.2, 0.25) is 12.7 Å². The van der Waals surface area contributed by atoms with E-state index in [-0.39, 0.29) is 23.7 Å². The Hall–Kier alpha value is -2.06. The molecule has 0 aliphatic carbocycles. The second-order valence-corrected chi connectivity index (χ2v) is 4.42. The van der Waals surface area contributed by atoms with Crippen LogP contribution in [0.3, 0.4) is 0 Å². The number of carbonyl (C=O) groups is 1. The summed E-state index contributed by atoms with van der Waals surface area (Å²) in [6.45, 7) is 0.129. The van der Waals surface area contributed by atoms with Gasteiger partial charge in [-0.3, -0.25) is 10.2 Å². The van der Waals surface area contributed by atoms with Gasteiger partial charge in [0.15, 0.2) is 16.6 Å². The lowest BCUT2D eigenvalue weighted by Gasteiger charge is -2.08. The molecule has 0 bridgehead atoms. The van der Waals surface area contributed by atoms with Gasteiger partial charge in [-0.05, 0) is 18.3 Å². The highest BCUT2D eigenvalue weighted by Crippen LogP contribution is 2.36. The predicted molar refractivity (Wildman–Crippen MR) is 79.4 cm³/mol. The van der Waals surface area contributed by atoms with Crippen molar-refractivity contribution in [3.63, 3.8) is 0 Å². The molecule has 0 spiro atoms. The van der Waals surface area contributed by atoms with E-state index < -0.39 is 0 Å². The number of fused-ring (bicyclic) bond motifs is 1. The summed E-state index contributed by atoms with van der Waals surface area (Å²) in [6.07, 6.45) is 1.45. The third kappa shape index (κ3) is 3.49. The second kappa shape index (κ2) is 6.40. The van der Waals surface area contributed by atoms with Crippen LogP contribution >= 0.6 is 23.8 Å². The van der Waals surface area contributed by atoms with Crippen molar-refractivity contribution < 1.29 is 14.3 Å². The summed E-state index contributed by atoms with van der Waals surface area (Å²) in [4.78, 5) is 11.4.